The Bertz CT molecular complexity index is 462. The first kappa shape index (κ1) is 15.0. The summed E-state index contributed by atoms with van der Waals surface area (Å²) in [7, 11) is 1.92. The van der Waals surface area contributed by atoms with Crippen LogP contribution in [0, 0.1) is 5.92 Å². The van der Waals surface area contributed by atoms with Crippen molar-refractivity contribution in [1.82, 2.24) is 5.32 Å². The molecule has 20 heavy (non-hydrogen) atoms. The number of carbonyl (C=O) groups excluding carboxylic acids is 1. The van der Waals surface area contributed by atoms with Crippen molar-refractivity contribution < 1.29 is 9.53 Å². The maximum atomic E-state index is 12.4. The minimum atomic E-state index is -0.0297. The van der Waals surface area contributed by atoms with Gasteiger partial charge in [0.1, 0.15) is 0 Å². The van der Waals surface area contributed by atoms with Gasteiger partial charge in [-0.15, -0.1) is 0 Å². The third-order valence-electron chi connectivity index (χ3n) is 4.07. The highest BCUT2D eigenvalue weighted by Gasteiger charge is 2.33. The Kier molecular flexibility index (Phi) is 5.15. The van der Waals surface area contributed by atoms with Crippen LogP contribution in [-0.2, 0) is 9.53 Å². The second-order valence-electron chi connectivity index (χ2n) is 5.30. The van der Waals surface area contributed by atoms with Crippen molar-refractivity contribution >= 4 is 11.6 Å². The van der Waals surface area contributed by atoms with Gasteiger partial charge in [0, 0.05) is 18.3 Å². The third-order valence-corrected chi connectivity index (χ3v) is 4.07. The number of anilines is 1. The Labute approximate surface area is 120 Å². The molecule has 0 spiro atoms. The molecule has 1 aliphatic rings. The van der Waals surface area contributed by atoms with Gasteiger partial charge in [0.2, 0.25) is 5.91 Å². The van der Waals surface area contributed by atoms with Crippen LogP contribution in [-0.4, -0.2) is 25.7 Å². The minimum absolute atomic E-state index is 0.0297. The molecule has 4 nitrogen and oxygen atoms in total. The van der Waals surface area contributed by atoms with Crippen LogP contribution in [0.15, 0.2) is 24.3 Å². The van der Waals surface area contributed by atoms with Gasteiger partial charge in [0.05, 0.1) is 12.0 Å². The van der Waals surface area contributed by atoms with Crippen LogP contribution in [0.2, 0.25) is 0 Å². The van der Waals surface area contributed by atoms with Crippen molar-refractivity contribution in [1.29, 1.82) is 0 Å². The fraction of sp³-hybridized carbons (Fsp3) is 0.562. The molecule has 0 bridgehead atoms. The molecule has 110 valence electrons. The summed E-state index contributed by atoms with van der Waals surface area (Å²) in [6.07, 6.45) is 1.75. The van der Waals surface area contributed by atoms with Gasteiger partial charge in [0.15, 0.2) is 0 Å². The van der Waals surface area contributed by atoms with Crippen LogP contribution in [0.1, 0.15) is 38.3 Å². The average molecular weight is 276 g/mol. The smallest absolute Gasteiger partial charge is 0.230 e. The molecule has 1 saturated heterocycles. The molecule has 1 heterocycles. The number of amides is 1. The number of rotatable bonds is 5. The summed E-state index contributed by atoms with van der Waals surface area (Å²) in [5.74, 6) is 0.0445. The fourth-order valence-corrected chi connectivity index (χ4v) is 2.72. The largest absolute Gasteiger partial charge is 0.377 e. The van der Waals surface area contributed by atoms with Crippen molar-refractivity contribution in [3.63, 3.8) is 0 Å². The second-order valence-corrected chi connectivity index (χ2v) is 5.30. The normalized spacial score (nSPS) is 23.6. The number of nitrogens with one attached hydrogen (secondary N) is 2. The summed E-state index contributed by atoms with van der Waals surface area (Å²) in [6, 6.07) is 8.14. The minimum Gasteiger partial charge on any atom is -0.377 e. The van der Waals surface area contributed by atoms with E-state index in [9.17, 15) is 4.79 Å². The van der Waals surface area contributed by atoms with Crippen LogP contribution in [0.3, 0.4) is 0 Å². The number of hydrogen-bond acceptors (Lipinski definition) is 3. The highest BCUT2D eigenvalue weighted by molar-refractivity contribution is 5.93. The van der Waals surface area contributed by atoms with E-state index in [1.165, 1.54) is 0 Å². The van der Waals surface area contributed by atoms with Gasteiger partial charge in [-0.1, -0.05) is 25.1 Å². The molecule has 1 aromatic rings. The molecule has 1 amide bonds. The Hall–Kier alpha value is -1.39. The quantitative estimate of drug-likeness (QED) is 0.869. The van der Waals surface area contributed by atoms with E-state index in [4.69, 9.17) is 4.74 Å². The van der Waals surface area contributed by atoms with Crippen LogP contribution in [0.5, 0.6) is 0 Å². The first-order chi connectivity index (χ1) is 9.67. The standard InChI is InChI=1S/C16H24N2O2/c1-4-15-13(9-10-20-15)16(19)18-14-8-6-5-7-12(14)11(2)17-3/h5-8,11,13,15,17H,4,9-10H2,1-3H3,(H,18,19). The predicted molar refractivity (Wildman–Crippen MR) is 80.7 cm³/mol. The molecule has 1 aliphatic heterocycles. The van der Waals surface area contributed by atoms with E-state index in [2.05, 4.69) is 24.5 Å². The topological polar surface area (TPSA) is 50.4 Å². The van der Waals surface area contributed by atoms with Crippen LogP contribution >= 0.6 is 0 Å². The molecule has 1 fully saturated rings. The summed E-state index contributed by atoms with van der Waals surface area (Å²) in [5, 5.41) is 6.28. The summed E-state index contributed by atoms with van der Waals surface area (Å²) in [4.78, 5) is 12.4. The van der Waals surface area contributed by atoms with E-state index in [-0.39, 0.29) is 24.0 Å². The summed E-state index contributed by atoms with van der Waals surface area (Å²) >= 11 is 0. The Balaban J connectivity index is 2.11. The van der Waals surface area contributed by atoms with Crippen LogP contribution in [0.25, 0.3) is 0 Å². The van der Waals surface area contributed by atoms with Gasteiger partial charge in [-0.2, -0.15) is 0 Å². The molecule has 2 rings (SSSR count). The zero-order chi connectivity index (χ0) is 14.5. The van der Waals surface area contributed by atoms with E-state index in [0.29, 0.717) is 6.61 Å². The van der Waals surface area contributed by atoms with Crippen molar-refractivity contribution in [2.45, 2.75) is 38.8 Å². The summed E-state index contributed by atoms with van der Waals surface area (Å²) in [5.41, 5.74) is 2.00. The van der Waals surface area contributed by atoms with Crippen molar-refractivity contribution in [3.05, 3.63) is 29.8 Å². The number of hydrogen-bond donors (Lipinski definition) is 2. The number of benzene rings is 1. The SMILES string of the molecule is CCC1OCCC1C(=O)Nc1ccccc1C(C)NC. The monoisotopic (exact) mass is 276 g/mol. The Morgan fingerprint density at radius 3 is 2.90 bits per heavy atom. The number of para-hydroxylation sites is 1. The van der Waals surface area contributed by atoms with Gasteiger partial charge in [-0.25, -0.2) is 0 Å². The zero-order valence-electron chi connectivity index (χ0n) is 12.5. The molecule has 3 unspecified atom stereocenters. The van der Waals surface area contributed by atoms with Gasteiger partial charge >= 0.3 is 0 Å². The van der Waals surface area contributed by atoms with Gasteiger partial charge < -0.3 is 15.4 Å². The Morgan fingerprint density at radius 1 is 1.45 bits per heavy atom. The van der Waals surface area contributed by atoms with Crippen LogP contribution in [0.4, 0.5) is 5.69 Å². The highest BCUT2D eigenvalue weighted by atomic mass is 16.5. The maximum Gasteiger partial charge on any atom is 0.230 e. The van der Waals surface area contributed by atoms with Crippen molar-refractivity contribution in [3.8, 4) is 0 Å². The summed E-state index contributed by atoms with van der Waals surface area (Å²) in [6.45, 7) is 4.83. The lowest BCUT2D eigenvalue weighted by Gasteiger charge is -2.20. The van der Waals surface area contributed by atoms with E-state index in [0.717, 1.165) is 24.1 Å². The fourth-order valence-electron chi connectivity index (χ4n) is 2.72. The van der Waals surface area contributed by atoms with Gasteiger partial charge in [0.25, 0.3) is 0 Å². The summed E-state index contributed by atoms with van der Waals surface area (Å²) < 4.78 is 5.60. The van der Waals surface area contributed by atoms with Gasteiger partial charge in [-0.3, -0.25) is 4.79 Å². The molecule has 1 aromatic carbocycles. The van der Waals surface area contributed by atoms with Crippen molar-refractivity contribution in [2.75, 3.05) is 19.0 Å². The molecule has 0 aromatic heterocycles. The number of carbonyl (C=O) groups is 1. The molecule has 0 radical (unpaired) electrons. The molecule has 0 aliphatic carbocycles. The van der Waals surface area contributed by atoms with Crippen molar-refractivity contribution in [2.24, 2.45) is 5.92 Å². The Morgan fingerprint density at radius 2 is 2.20 bits per heavy atom. The van der Waals surface area contributed by atoms with E-state index >= 15 is 0 Å². The zero-order valence-corrected chi connectivity index (χ0v) is 12.5. The first-order valence-corrected chi connectivity index (χ1v) is 7.36. The first-order valence-electron chi connectivity index (χ1n) is 7.36. The second kappa shape index (κ2) is 6.86. The molecular formula is C16H24N2O2. The average Bonchev–Trinajstić information content (AvgIpc) is 2.95. The molecule has 3 atom stereocenters. The highest BCUT2D eigenvalue weighted by Crippen LogP contribution is 2.27. The molecule has 2 N–H and O–H groups in total. The lowest BCUT2D eigenvalue weighted by molar-refractivity contribution is -0.121. The number of ether oxygens (including phenoxy) is 1. The molecule has 0 saturated carbocycles. The van der Waals surface area contributed by atoms with E-state index in [1.54, 1.807) is 0 Å². The lowest BCUT2D eigenvalue weighted by atomic mass is 9.98. The van der Waals surface area contributed by atoms with Gasteiger partial charge in [-0.05, 0) is 38.4 Å². The molecular weight excluding hydrogens is 252 g/mol. The van der Waals surface area contributed by atoms with Crippen LogP contribution < -0.4 is 10.6 Å². The molecule has 4 heteroatoms. The third kappa shape index (κ3) is 3.19. The maximum absolute atomic E-state index is 12.4. The van der Waals surface area contributed by atoms with E-state index < -0.39 is 0 Å². The van der Waals surface area contributed by atoms with E-state index in [1.807, 2.05) is 31.3 Å². The predicted octanol–water partition coefficient (Wildman–Crippen LogP) is 2.72. The lowest BCUT2D eigenvalue weighted by Crippen LogP contribution is -2.30.